The molecular weight excluding hydrogens is 579 g/mol. The molecule has 2 aliphatic heterocycles. The lowest BCUT2D eigenvalue weighted by Gasteiger charge is -2.45. The summed E-state index contributed by atoms with van der Waals surface area (Å²) in [6.45, 7) is 13.3. The van der Waals surface area contributed by atoms with Crippen molar-refractivity contribution in [3.63, 3.8) is 0 Å². The van der Waals surface area contributed by atoms with Gasteiger partial charge in [0.05, 0.1) is 16.7 Å². The summed E-state index contributed by atoms with van der Waals surface area (Å²) in [7, 11) is 0. The summed E-state index contributed by atoms with van der Waals surface area (Å²) in [5.74, 6) is 1.33. The number of nitrogens with one attached hydrogen (secondary N) is 2. The van der Waals surface area contributed by atoms with Crippen LogP contribution in [0.3, 0.4) is 0 Å². The van der Waals surface area contributed by atoms with Crippen LogP contribution in [0.15, 0.2) is 37.1 Å². The molecule has 44 heavy (non-hydrogen) atoms. The van der Waals surface area contributed by atoms with Crippen molar-refractivity contribution >= 4 is 51.1 Å². The van der Waals surface area contributed by atoms with Gasteiger partial charge in [-0.2, -0.15) is 10.1 Å². The predicted octanol–water partition coefficient (Wildman–Crippen LogP) is 5.46. The molecule has 4 heterocycles. The number of aromatic nitrogens is 4. The van der Waals surface area contributed by atoms with Crippen LogP contribution in [0, 0.1) is 18.7 Å². The van der Waals surface area contributed by atoms with Crippen molar-refractivity contribution in [1.82, 2.24) is 30.4 Å². The summed E-state index contributed by atoms with van der Waals surface area (Å²) in [4.78, 5) is 28.6. The van der Waals surface area contributed by atoms with E-state index in [4.69, 9.17) is 21.6 Å². The minimum atomic E-state index is -0.482. The van der Waals surface area contributed by atoms with Crippen molar-refractivity contribution in [3.05, 3.63) is 53.5 Å². The van der Waals surface area contributed by atoms with Crippen molar-refractivity contribution in [2.45, 2.75) is 58.2 Å². The van der Waals surface area contributed by atoms with Gasteiger partial charge in [0.2, 0.25) is 11.9 Å². The highest BCUT2D eigenvalue weighted by atomic mass is 35.5. The maximum atomic E-state index is 16.9. The Balaban J connectivity index is 1.32. The molecule has 0 radical (unpaired) electrons. The number of anilines is 2. The monoisotopic (exact) mass is 616 g/mol. The summed E-state index contributed by atoms with van der Waals surface area (Å²) in [5, 5.41) is 12.6. The van der Waals surface area contributed by atoms with Gasteiger partial charge < -0.3 is 20.0 Å². The maximum Gasteiger partial charge on any atom is 0.246 e. The SMILES string of the molecule is C=CC(=O)N1C[C@H](C)N(c2nc(N3CC(NCC4CCC4)C3)nc3c(F)c(-c4c(C)ccc5cn[nH]c45)c(Cl)cc23)C[C@H]1C. The third-order valence-electron chi connectivity index (χ3n) is 9.73. The molecule has 230 valence electrons. The second-order valence-electron chi connectivity index (χ2n) is 12.7. The molecule has 2 N–H and O–H groups in total. The van der Waals surface area contributed by atoms with E-state index in [1.165, 1.54) is 25.3 Å². The Hall–Kier alpha value is -3.76. The van der Waals surface area contributed by atoms with Crippen LogP contribution in [0.2, 0.25) is 5.02 Å². The Labute approximate surface area is 261 Å². The van der Waals surface area contributed by atoms with Gasteiger partial charge in [0, 0.05) is 66.2 Å². The minimum Gasteiger partial charge on any atom is -0.349 e. The van der Waals surface area contributed by atoms with Crippen molar-refractivity contribution in [2.75, 3.05) is 42.5 Å². The molecule has 7 rings (SSSR count). The summed E-state index contributed by atoms with van der Waals surface area (Å²) < 4.78 is 16.9. The van der Waals surface area contributed by atoms with Crippen LogP contribution >= 0.6 is 11.6 Å². The first-order valence-electron chi connectivity index (χ1n) is 15.5. The number of aromatic amines is 1. The number of piperazine rings is 1. The molecule has 1 aliphatic carbocycles. The molecule has 3 fully saturated rings. The van der Waals surface area contributed by atoms with E-state index in [-0.39, 0.29) is 28.5 Å². The van der Waals surface area contributed by atoms with Crippen molar-refractivity contribution in [3.8, 4) is 11.1 Å². The summed E-state index contributed by atoms with van der Waals surface area (Å²) in [5.41, 5.74) is 2.82. The second-order valence-corrected chi connectivity index (χ2v) is 13.1. The fraction of sp³-hybridized carbons (Fsp3) is 0.455. The van der Waals surface area contributed by atoms with Crippen LogP contribution in [0.25, 0.3) is 32.9 Å². The van der Waals surface area contributed by atoms with Gasteiger partial charge in [0.1, 0.15) is 11.3 Å². The topological polar surface area (TPSA) is 93.3 Å². The standard InChI is InChI=1S/C33H38ClFN8O/c1-5-26(44)42-14-20(4)43(15-19(42)3)32-24-11-25(34)28(27-18(2)9-10-22-13-37-40-30(22)27)29(35)31(24)38-33(39-32)41-16-23(17-41)36-12-21-7-6-8-21/h5,9-11,13,19-21,23,36H,1,6-8,12,14-17H2,2-4H3,(H,37,40)/t19-,20+/m1/s1. The Morgan fingerprint density at radius 1 is 1.16 bits per heavy atom. The summed E-state index contributed by atoms with van der Waals surface area (Å²) in [6, 6.07) is 5.90. The molecular formula is C33H38ClFN8O. The van der Waals surface area contributed by atoms with Crippen molar-refractivity contribution in [2.24, 2.45) is 5.92 Å². The minimum absolute atomic E-state index is 0.0724. The van der Waals surface area contributed by atoms with E-state index >= 15 is 4.39 Å². The molecule has 0 spiro atoms. The average molecular weight is 617 g/mol. The van der Waals surface area contributed by atoms with Crippen molar-refractivity contribution in [1.29, 1.82) is 0 Å². The molecule has 0 unspecified atom stereocenters. The summed E-state index contributed by atoms with van der Waals surface area (Å²) >= 11 is 6.95. The van der Waals surface area contributed by atoms with E-state index in [9.17, 15) is 4.79 Å². The molecule has 1 saturated carbocycles. The van der Waals surface area contributed by atoms with Crippen LogP contribution in [0.1, 0.15) is 38.7 Å². The highest BCUT2D eigenvalue weighted by Gasteiger charge is 2.36. The van der Waals surface area contributed by atoms with Gasteiger partial charge in [-0.25, -0.2) is 9.37 Å². The van der Waals surface area contributed by atoms with Crippen LogP contribution in [-0.2, 0) is 4.79 Å². The smallest absolute Gasteiger partial charge is 0.246 e. The molecule has 11 heteroatoms. The van der Waals surface area contributed by atoms with E-state index in [0.29, 0.717) is 47.4 Å². The second kappa shape index (κ2) is 11.3. The van der Waals surface area contributed by atoms with Gasteiger partial charge in [-0.05, 0) is 63.8 Å². The molecule has 9 nitrogen and oxygen atoms in total. The molecule has 2 atom stereocenters. The van der Waals surface area contributed by atoms with Gasteiger partial charge in [-0.1, -0.05) is 36.7 Å². The lowest BCUT2D eigenvalue weighted by atomic mass is 9.85. The zero-order valence-corrected chi connectivity index (χ0v) is 26.2. The third-order valence-corrected chi connectivity index (χ3v) is 10.0. The maximum absolute atomic E-state index is 16.9. The number of amides is 1. The van der Waals surface area contributed by atoms with E-state index in [2.05, 4.69) is 38.8 Å². The van der Waals surface area contributed by atoms with Crippen molar-refractivity contribution < 1.29 is 9.18 Å². The van der Waals surface area contributed by atoms with E-state index in [1.807, 2.05) is 30.9 Å². The first-order valence-corrected chi connectivity index (χ1v) is 15.9. The molecule has 0 bridgehead atoms. The number of hydrogen-bond donors (Lipinski definition) is 2. The van der Waals surface area contributed by atoms with Gasteiger partial charge >= 0.3 is 0 Å². The number of carbonyl (C=O) groups excluding carboxylic acids is 1. The van der Waals surface area contributed by atoms with Crippen LogP contribution in [0.4, 0.5) is 16.2 Å². The Morgan fingerprint density at radius 2 is 1.95 bits per heavy atom. The fourth-order valence-corrected chi connectivity index (χ4v) is 7.13. The number of carbonyl (C=O) groups is 1. The molecule has 2 aromatic heterocycles. The number of aryl methyl sites for hydroxylation is 1. The molecule has 2 saturated heterocycles. The Morgan fingerprint density at radius 3 is 2.68 bits per heavy atom. The number of halogens is 2. The van der Waals surface area contributed by atoms with Gasteiger partial charge in [0.15, 0.2) is 5.82 Å². The van der Waals surface area contributed by atoms with Gasteiger partial charge in [-0.15, -0.1) is 0 Å². The molecule has 2 aromatic carbocycles. The highest BCUT2D eigenvalue weighted by Crippen LogP contribution is 2.43. The van der Waals surface area contributed by atoms with Crippen LogP contribution < -0.4 is 15.1 Å². The van der Waals surface area contributed by atoms with E-state index in [1.54, 1.807) is 12.3 Å². The average Bonchev–Trinajstić information content (AvgIpc) is 3.44. The molecule has 4 aromatic rings. The number of H-pyrrole nitrogens is 1. The number of fused-ring (bicyclic) bond motifs is 2. The largest absolute Gasteiger partial charge is 0.349 e. The lowest BCUT2D eigenvalue weighted by Crippen LogP contribution is -2.60. The molecule has 3 aliphatic rings. The van der Waals surface area contributed by atoms with Gasteiger partial charge in [0.25, 0.3) is 0 Å². The van der Waals surface area contributed by atoms with Crippen LogP contribution in [-0.4, -0.2) is 81.8 Å². The number of hydrogen-bond acceptors (Lipinski definition) is 7. The van der Waals surface area contributed by atoms with E-state index in [0.717, 1.165) is 42.0 Å². The normalized spacial score (nSPS) is 21.2. The van der Waals surface area contributed by atoms with Gasteiger partial charge in [-0.3, -0.25) is 9.89 Å². The van der Waals surface area contributed by atoms with Crippen LogP contribution in [0.5, 0.6) is 0 Å². The van der Waals surface area contributed by atoms with E-state index < -0.39 is 5.82 Å². The molecule has 1 amide bonds. The quantitative estimate of drug-likeness (QED) is 0.266. The number of nitrogens with zero attached hydrogens (tertiary/aromatic N) is 6. The third kappa shape index (κ3) is 4.88. The number of rotatable bonds is 7. The summed E-state index contributed by atoms with van der Waals surface area (Å²) in [6.07, 6.45) is 7.02. The first kappa shape index (κ1) is 29.0. The Bertz CT molecular complexity index is 1760. The highest BCUT2D eigenvalue weighted by molar-refractivity contribution is 6.35. The number of benzene rings is 2. The zero-order valence-electron chi connectivity index (χ0n) is 25.4. The fourth-order valence-electron chi connectivity index (χ4n) is 6.84. The Kier molecular flexibility index (Phi) is 7.45. The lowest BCUT2D eigenvalue weighted by molar-refractivity contribution is -0.128. The zero-order chi connectivity index (χ0) is 30.7. The first-order chi connectivity index (χ1) is 21.2. The predicted molar refractivity (Wildman–Crippen MR) is 174 cm³/mol.